The highest BCUT2D eigenvalue weighted by Gasteiger charge is 2.16. The van der Waals surface area contributed by atoms with Crippen LogP contribution in [0.3, 0.4) is 0 Å². The molecule has 1 aliphatic rings. The fourth-order valence-corrected chi connectivity index (χ4v) is 3.18. The Hall–Kier alpha value is -1.69. The van der Waals surface area contributed by atoms with Gasteiger partial charge in [-0.15, -0.1) is 10.2 Å². The fraction of sp³-hybridized carbons (Fsp3) is 0.357. The number of halogens is 1. The summed E-state index contributed by atoms with van der Waals surface area (Å²) in [5.74, 6) is 0.584. The van der Waals surface area contributed by atoms with Crippen LogP contribution in [0.4, 0.5) is 4.39 Å². The van der Waals surface area contributed by atoms with Crippen molar-refractivity contribution in [2.24, 2.45) is 0 Å². The third-order valence-corrected chi connectivity index (χ3v) is 4.40. The predicted molar refractivity (Wildman–Crippen MR) is 73.5 cm³/mol. The van der Waals surface area contributed by atoms with Crippen molar-refractivity contribution in [3.05, 3.63) is 35.4 Å². The number of rotatable bonds is 3. The molecule has 0 unspecified atom stereocenters. The number of hydrogen-bond acceptors (Lipinski definition) is 4. The fourth-order valence-electron chi connectivity index (χ4n) is 2.31. The van der Waals surface area contributed by atoms with Crippen molar-refractivity contribution in [2.75, 3.05) is 0 Å². The highest BCUT2D eigenvalue weighted by atomic mass is 32.2. The minimum absolute atomic E-state index is 0.340. The number of aldehydes is 1. The molecule has 0 amide bonds. The third-order valence-electron chi connectivity index (χ3n) is 3.37. The third kappa shape index (κ3) is 2.60. The van der Waals surface area contributed by atoms with Crippen molar-refractivity contribution < 1.29 is 9.18 Å². The smallest absolute Gasteiger partial charge is 0.196 e. The highest BCUT2D eigenvalue weighted by molar-refractivity contribution is 7.99. The zero-order valence-electron chi connectivity index (χ0n) is 10.9. The van der Waals surface area contributed by atoms with Crippen LogP contribution in [0, 0.1) is 5.82 Å². The Labute approximate surface area is 120 Å². The molecule has 2 aromatic rings. The van der Waals surface area contributed by atoms with Crippen LogP contribution in [-0.4, -0.2) is 21.1 Å². The van der Waals surface area contributed by atoms with E-state index in [0.29, 0.717) is 16.7 Å². The Kier molecular flexibility index (Phi) is 3.82. The standard InChI is InChI=1S/C14H14FN3OS/c15-11-8-10(9-19)5-6-12(11)20-14-17-16-13-4-2-1-3-7-18(13)14/h5-6,8-9H,1-4,7H2. The molecule has 0 spiro atoms. The topological polar surface area (TPSA) is 47.8 Å². The summed E-state index contributed by atoms with van der Waals surface area (Å²) in [6.07, 6.45) is 4.99. The van der Waals surface area contributed by atoms with Crippen LogP contribution in [0.2, 0.25) is 0 Å². The molecule has 0 fully saturated rings. The van der Waals surface area contributed by atoms with Gasteiger partial charge in [-0.05, 0) is 36.7 Å². The number of benzene rings is 1. The molecule has 1 aromatic heterocycles. The maximum Gasteiger partial charge on any atom is 0.196 e. The summed E-state index contributed by atoms with van der Waals surface area (Å²) < 4.78 is 16.0. The summed E-state index contributed by atoms with van der Waals surface area (Å²) in [6.45, 7) is 0.888. The summed E-state index contributed by atoms with van der Waals surface area (Å²) in [7, 11) is 0. The number of aryl methyl sites for hydroxylation is 1. The molecule has 1 aromatic carbocycles. The molecule has 0 N–H and O–H groups in total. The molecule has 0 bridgehead atoms. The molecule has 6 heteroatoms. The van der Waals surface area contributed by atoms with Gasteiger partial charge in [0.2, 0.25) is 0 Å². The molecular weight excluding hydrogens is 277 g/mol. The lowest BCUT2D eigenvalue weighted by Gasteiger charge is -2.07. The Morgan fingerprint density at radius 1 is 1.25 bits per heavy atom. The van der Waals surface area contributed by atoms with Crippen molar-refractivity contribution in [3.8, 4) is 0 Å². The zero-order valence-corrected chi connectivity index (χ0v) is 11.7. The summed E-state index contributed by atoms with van der Waals surface area (Å²) >= 11 is 1.26. The molecule has 0 saturated heterocycles. The maximum atomic E-state index is 13.9. The van der Waals surface area contributed by atoms with Gasteiger partial charge in [-0.2, -0.15) is 0 Å². The van der Waals surface area contributed by atoms with Gasteiger partial charge in [0.05, 0.1) is 4.90 Å². The van der Waals surface area contributed by atoms with E-state index in [-0.39, 0.29) is 0 Å². The quantitative estimate of drug-likeness (QED) is 0.815. The number of hydrogen-bond donors (Lipinski definition) is 0. The monoisotopic (exact) mass is 291 g/mol. The van der Waals surface area contributed by atoms with Crippen LogP contribution in [0.15, 0.2) is 28.3 Å². The van der Waals surface area contributed by atoms with Gasteiger partial charge in [0, 0.05) is 18.5 Å². The molecular formula is C14H14FN3OS. The average Bonchev–Trinajstić information content (AvgIpc) is 2.69. The minimum Gasteiger partial charge on any atom is -0.306 e. The molecule has 0 saturated carbocycles. The van der Waals surface area contributed by atoms with Gasteiger partial charge >= 0.3 is 0 Å². The zero-order chi connectivity index (χ0) is 13.9. The largest absolute Gasteiger partial charge is 0.306 e. The summed E-state index contributed by atoms with van der Waals surface area (Å²) in [5, 5.41) is 9.07. The minimum atomic E-state index is -0.398. The molecule has 0 atom stereocenters. The number of fused-ring (bicyclic) bond motifs is 1. The lowest BCUT2D eigenvalue weighted by Crippen LogP contribution is -2.02. The van der Waals surface area contributed by atoms with Crippen molar-refractivity contribution in [1.29, 1.82) is 0 Å². The van der Waals surface area contributed by atoms with Crippen LogP contribution >= 0.6 is 11.8 Å². The van der Waals surface area contributed by atoms with Gasteiger partial charge in [-0.1, -0.05) is 12.5 Å². The Bertz CT molecular complexity index is 641. The molecule has 0 aliphatic carbocycles. The Morgan fingerprint density at radius 2 is 2.15 bits per heavy atom. The first-order chi connectivity index (χ1) is 9.78. The maximum absolute atomic E-state index is 13.9. The first-order valence-corrected chi connectivity index (χ1v) is 7.44. The van der Waals surface area contributed by atoms with Gasteiger partial charge in [0.1, 0.15) is 17.9 Å². The Morgan fingerprint density at radius 3 is 2.95 bits per heavy atom. The SMILES string of the molecule is O=Cc1ccc(Sc2nnc3n2CCCCC3)c(F)c1. The van der Waals surface area contributed by atoms with E-state index in [1.807, 2.05) is 0 Å². The average molecular weight is 291 g/mol. The van der Waals surface area contributed by atoms with Crippen LogP contribution in [-0.2, 0) is 13.0 Å². The van der Waals surface area contributed by atoms with Crippen LogP contribution in [0.25, 0.3) is 0 Å². The van der Waals surface area contributed by atoms with E-state index in [0.717, 1.165) is 36.8 Å². The van der Waals surface area contributed by atoms with E-state index >= 15 is 0 Å². The lowest BCUT2D eigenvalue weighted by atomic mass is 10.2. The van der Waals surface area contributed by atoms with Crippen molar-refractivity contribution >= 4 is 18.0 Å². The second-order valence-corrected chi connectivity index (χ2v) is 5.78. The lowest BCUT2D eigenvalue weighted by molar-refractivity contribution is 0.112. The molecule has 1 aliphatic heterocycles. The van der Waals surface area contributed by atoms with E-state index < -0.39 is 5.82 Å². The molecule has 104 valence electrons. The van der Waals surface area contributed by atoms with Crippen molar-refractivity contribution in [3.63, 3.8) is 0 Å². The number of aromatic nitrogens is 3. The molecule has 0 radical (unpaired) electrons. The van der Waals surface area contributed by atoms with Crippen LogP contribution in [0.1, 0.15) is 35.4 Å². The van der Waals surface area contributed by atoms with Gasteiger partial charge < -0.3 is 4.57 Å². The summed E-state index contributed by atoms with van der Waals surface area (Å²) in [4.78, 5) is 11.1. The molecule has 20 heavy (non-hydrogen) atoms. The van der Waals surface area contributed by atoms with Crippen molar-refractivity contribution in [2.45, 2.75) is 42.3 Å². The number of carbonyl (C=O) groups excluding carboxylic acids is 1. The van der Waals surface area contributed by atoms with E-state index in [2.05, 4.69) is 14.8 Å². The normalized spacial score (nSPS) is 14.7. The number of nitrogens with zero attached hydrogens (tertiary/aromatic N) is 3. The highest BCUT2D eigenvalue weighted by Crippen LogP contribution is 2.30. The van der Waals surface area contributed by atoms with Crippen molar-refractivity contribution in [1.82, 2.24) is 14.8 Å². The Balaban J connectivity index is 1.88. The number of carbonyl (C=O) groups is 1. The first kappa shape index (κ1) is 13.3. The summed E-state index contributed by atoms with van der Waals surface area (Å²) in [5.41, 5.74) is 0.340. The van der Waals surface area contributed by atoms with E-state index in [1.54, 1.807) is 12.1 Å². The van der Waals surface area contributed by atoms with Gasteiger partial charge in [0.15, 0.2) is 5.16 Å². The van der Waals surface area contributed by atoms with E-state index in [9.17, 15) is 9.18 Å². The predicted octanol–water partition coefficient (Wildman–Crippen LogP) is 3.11. The van der Waals surface area contributed by atoms with E-state index in [1.165, 1.54) is 24.2 Å². The van der Waals surface area contributed by atoms with Gasteiger partial charge in [-0.25, -0.2) is 4.39 Å². The first-order valence-electron chi connectivity index (χ1n) is 6.62. The molecule has 3 rings (SSSR count). The molecule has 4 nitrogen and oxygen atoms in total. The van der Waals surface area contributed by atoms with Crippen LogP contribution in [0.5, 0.6) is 0 Å². The van der Waals surface area contributed by atoms with Crippen LogP contribution < -0.4 is 0 Å². The van der Waals surface area contributed by atoms with Gasteiger partial charge in [-0.3, -0.25) is 4.79 Å². The molecule has 2 heterocycles. The second-order valence-electron chi connectivity index (χ2n) is 4.77. The second kappa shape index (κ2) is 5.75. The summed E-state index contributed by atoms with van der Waals surface area (Å²) in [6, 6.07) is 4.47. The van der Waals surface area contributed by atoms with Gasteiger partial charge in [0.25, 0.3) is 0 Å². The van der Waals surface area contributed by atoms with E-state index in [4.69, 9.17) is 0 Å².